The van der Waals surface area contributed by atoms with Crippen LogP contribution < -0.4 is 5.32 Å². The summed E-state index contributed by atoms with van der Waals surface area (Å²) in [4.78, 5) is 1.94. The highest BCUT2D eigenvalue weighted by molar-refractivity contribution is 7.80. The quantitative estimate of drug-likeness (QED) is 0.649. The first-order valence-corrected chi connectivity index (χ1v) is 5.96. The molecule has 0 aliphatic heterocycles. The molecule has 0 aliphatic rings. The molecular formula is C11H21N3O2S. The fraction of sp³-hybridized carbons (Fsp3) is 0.818. The molecule has 0 spiro atoms. The van der Waals surface area contributed by atoms with Gasteiger partial charge in [-0.1, -0.05) is 0 Å². The number of hydrogen-bond donors (Lipinski definition) is 1. The molecule has 0 fully saturated rings. The number of nitriles is 1. The lowest BCUT2D eigenvalue weighted by Gasteiger charge is -2.26. The van der Waals surface area contributed by atoms with Crippen LogP contribution in [0.2, 0.25) is 0 Å². The van der Waals surface area contributed by atoms with Crippen molar-refractivity contribution in [1.82, 2.24) is 10.2 Å². The van der Waals surface area contributed by atoms with E-state index in [9.17, 15) is 0 Å². The lowest BCUT2D eigenvalue weighted by atomic mass is 10.3. The average Bonchev–Trinajstić information content (AvgIpc) is 2.29. The number of nitrogens with zero attached hydrogens (tertiary/aromatic N) is 2. The molecule has 0 saturated carbocycles. The molecule has 0 aromatic rings. The van der Waals surface area contributed by atoms with E-state index in [-0.39, 0.29) is 6.04 Å². The predicted molar refractivity (Wildman–Crippen MR) is 70.8 cm³/mol. The summed E-state index contributed by atoms with van der Waals surface area (Å²) in [5, 5.41) is 12.4. The summed E-state index contributed by atoms with van der Waals surface area (Å²) in [7, 11) is 3.30. The third-order valence-electron chi connectivity index (χ3n) is 2.13. The largest absolute Gasteiger partial charge is 0.383 e. The molecule has 0 aromatic carbocycles. The Morgan fingerprint density at radius 1 is 1.41 bits per heavy atom. The van der Waals surface area contributed by atoms with E-state index in [4.69, 9.17) is 27.0 Å². The molecule has 98 valence electrons. The van der Waals surface area contributed by atoms with Gasteiger partial charge in [0.25, 0.3) is 0 Å². The van der Waals surface area contributed by atoms with Gasteiger partial charge in [0.2, 0.25) is 0 Å². The van der Waals surface area contributed by atoms with Crippen molar-refractivity contribution in [2.75, 3.05) is 40.5 Å². The van der Waals surface area contributed by atoms with Crippen LogP contribution in [0.5, 0.6) is 0 Å². The smallest absolute Gasteiger partial charge is 0.169 e. The van der Waals surface area contributed by atoms with Crippen LogP contribution in [0.15, 0.2) is 0 Å². The van der Waals surface area contributed by atoms with Crippen LogP contribution in [0.25, 0.3) is 0 Å². The molecule has 0 amide bonds. The predicted octanol–water partition coefficient (Wildman–Crippen LogP) is 0.758. The molecule has 6 heteroatoms. The van der Waals surface area contributed by atoms with Crippen LogP contribution in [-0.2, 0) is 9.47 Å². The van der Waals surface area contributed by atoms with Gasteiger partial charge in [0.1, 0.15) is 0 Å². The van der Waals surface area contributed by atoms with Gasteiger partial charge in [0.15, 0.2) is 5.11 Å². The van der Waals surface area contributed by atoms with Crippen LogP contribution >= 0.6 is 12.2 Å². The molecule has 1 N–H and O–H groups in total. The monoisotopic (exact) mass is 259 g/mol. The van der Waals surface area contributed by atoms with Crippen molar-refractivity contribution in [2.45, 2.75) is 19.4 Å². The van der Waals surface area contributed by atoms with Crippen molar-refractivity contribution in [3.05, 3.63) is 0 Å². The maximum atomic E-state index is 8.60. The average molecular weight is 259 g/mol. The van der Waals surface area contributed by atoms with Gasteiger partial charge in [0, 0.05) is 33.4 Å². The van der Waals surface area contributed by atoms with Gasteiger partial charge < -0.3 is 19.7 Å². The third kappa shape index (κ3) is 7.91. The van der Waals surface area contributed by atoms with Crippen LogP contribution in [0, 0.1) is 11.3 Å². The lowest BCUT2D eigenvalue weighted by molar-refractivity contribution is 0.169. The van der Waals surface area contributed by atoms with E-state index in [0.717, 1.165) is 0 Å². The fourth-order valence-corrected chi connectivity index (χ4v) is 1.68. The number of methoxy groups -OCH3 is 2. The van der Waals surface area contributed by atoms with Crippen LogP contribution in [0.1, 0.15) is 13.3 Å². The van der Waals surface area contributed by atoms with Crippen molar-refractivity contribution >= 4 is 17.3 Å². The number of nitrogens with one attached hydrogen (secondary N) is 1. The Hall–Kier alpha value is -0.900. The molecule has 0 saturated heterocycles. The SMILES string of the molecule is COCCN(CCC#N)C(=S)NC(C)COC. The first kappa shape index (κ1) is 16.1. The summed E-state index contributed by atoms with van der Waals surface area (Å²) < 4.78 is 10.0. The van der Waals surface area contributed by atoms with Gasteiger partial charge >= 0.3 is 0 Å². The van der Waals surface area contributed by atoms with E-state index in [0.29, 0.717) is 37.8 Å². The highest BCUT2D eigenvalue weighted by Gasteiger charge is 2.11. The molecule has 0 aliphatic carbocycles. The van der Waals surface area contributed by atoms with E-state index < -0.39 is 0 Å². The Morgan fingerprint density at radius 2 is 2.12 bits per heavy atom. The van der Waals surface area contributed by atoms with Crippen LogP contribution in [-0.4, -0.2) is 56.6 Å². The van der Waals surface area contributed by atoms with Crippen molar-refractivity contribution in [1.29, 1.82) is 5.26 Å². The van der Waals surface area contributed by atoms with Crippen LogP contribution in [0.4, 0.5) is 0 Å². The second kappa shape index (κ2) is 10.3. The van der Waals surface area contributed by atoms with E-state index in [1.165, 1.54) is 0 Å². The molecule has 5 nitrogen and oxygen atoms in total. The molecule has 0 radical (unpaired) electrons. The number of ether oxygens (including phenoxy) is 2. The second-order valence-corrected chi connectivity index (χ2v) is 4.08. The Kier molecular flexibility index (Phi) is 9.72. The zero-order valence-electron chi connectivity index (χ0n) is 10.7. The molecule has 0 aromatic heterocycles. The highest BCUT2D eigenvalue weighted by Crippen LogP contribution is 1.95. The summed E-state index contributed by atoms with van der Waals surface area (Å²) in [6.45, 7) is 4.48. The van der Waals surface area contributed by atoms with Crippen LogP contribution in [0.3, 0.4) is 0 Å². The molecule has 1 unspecified atom stereocenters. The molecule has 17 heavy (non-hydrogen) atoms. The maximum absolute atomic E-state index is 8.60. The molecule has 0 rings (SSSR count). The van der Waals surface area contributed by atoms with Crippen molar-refractivity contribution in [3.8, 4) is 6.07 Å². The van der Waals surface area contributed by atoms with E-state index in [2.05, 4.69) is 11.4 Å². The Bertz CT molecular complexity index is 256. The van der Waals surface area contributed by atoms with Crippen molar-refractivity contribution in [2.24, 2.45) is 0 Å². The number of hydrogen-bond acceptors (Lipinski definition) is 4. The van der Waals surface area contributed by atoms with Gasteiger partial charge in [-0.25, -0.2) is 0 Å². The summed E-state index contributed by atoms with van der Waals surface area (Å²) >= 11 is 5.29. The summed E-state index contributed by atoms with van der Waals surface area (Å²) in [5.41, 5.74) is 0. The molecule has 1 atom stereocenters. The highest BCUT2D eigenvalue weighted by atomic mass is 32.1. The van der Waals surface area contributed by atoms with Gasteiger partial charge in [-0.05, 0) is 19.1 Å². The first-order valence-electron chi connectivity index (χ1n) is 5.56. The van der Waals surface area contributed by atoms with E-state index >= 15 is 0 Å². The Balaban J connectivity index is 4.16. The topological polar surface area (TPSA) is 57.5 Å². The summed E-state index contributed by atoms with van der Waals surface area (Å²) in [5.74, 6) is 0. The first-order chi connectivity index (χ1) is 8.15. The lowest BCUT2D eigenvalue weighted by Crippen LogP contribution is -2.46. The number of rotatable bonds is 8. The fourth-order valence-electron chi connectivity index (χ4n) is 1.30. The Morgan fingerprint density at radius 3 is 2.65 bits per heavy atom. The zero-order chi connectivity index (χ0) is 13.1. The Labute approximate surface area is 109 Å². The minimum absolute atomic E-state index is 0.152. The molecule has 0 bridgehead atoms. The summed E-state index contributed by atoms with van der Waals surface area (Å²) in [6.07, 6.45) is 0.449. The normalized spacial score (nSPS) is 11.6. The summed E-state index contributed by atoms with van der Waals surface area (Å²) in [6, 6.07) is 2.27. The van der Waals surface area contributed by atoms with Gasteiger partial charge in [-0.15, -0.1) is 0 Å². The van der Waals surface area contributed by atoms with Gasteiger partial charge in [-0.3, -0.25) is 0 Å². The molecule has 0 heterocycles. The molecular weight excluding hydrogens is 238 g/mol. The van der Waals surface area contributed by atoms with Gasteiger partial charge in [0.05, 0.1) is 25.7 Å². The third-order valence-corrected chi connectivity index (χ3v) is 2.51. The van der Waals surface area contributed by atoms with E-state index in [1.807, 2.05) is 11.8 Å². The minimum atomic E-state index is 0.152. The van der Waals surface area contributed by atoms with Crippen molar-refractivity contribution in [3.63, 3.8) is 0 Å². The standard InChI is InChI=1S/C11H21N3O2S/c1-10(9-16-3)13-11(17)14(6-4-5-12)7-8-15-2/h10H,4,6-9H2,1-3H3,(H,13,17). The van der Waals surface area contributed by atoms with E-state index in [1.54, 1.807) is 14.2 Å². The minimum Gasteiger partial charge on any atom is -0.383 e. The van der Waals surface area contributed by atoms with Gasteiger partial charge in [-0.2, -0.15) is 5.26 Å². The zero-order valence-corrected chi connectivity index (χ0v) is 11.5. The van der Waals surface area contributed by atoms with Crippen molar-refractivity contribution < 1.29 is 9.47 Å². The second-order valence-electron chi connectivity index (χ2n) is 3.69. The number of thiocarbonyl (C=S) groups is 1. The maximum Gasteiger partial charge on any atom is 0.169 e.